The summed E-state index contributed by atoms with van der Waals surface area (Å²) < 4.78 is 0. The second-order valence-electron chi connectivity index (χ2n) is 4.22. The summed E-state index contributed by atoms with van der Waals surface area (Å²) in [5, 5.41) is 0. The lowest BCUT2D eigenvalue weighted by atomic mass is 9.96. The molecule has 0 aliphatic heterocycles. The molecule has 0 saturated carbocycles. The van der Waals surface area contributed by atoms with E-state index in [0.717, 1.165) is 0 Å². The Balaban J connectivity index is 2.57. The summed E-state index contributed by atoms with van der Waals surface area (Å²) in [7, 11) is 0. The van der Waals surface area contributed by atoms with Crippen molar-refractivity contribution < 1.29 is 0 Å². The molecule has 0 fully saturated rings. The summed E-state index contributed by atoms with van der Waals surface area (Å²) in [5.41, 5.74) is 2.84. The molecule has 0 aromatic heterocycles. The van der Waals surface area contributed by atoms with E-state index in [4.69, 9.17) is 0 Å². The summed E-state index contributed by atoms with van der Waals surface area (Å²) in [4.78, 5) is 0. The molecule has 0 N–H and O–H groups in total. The number of benzene rings is 1. The van der Waals surface area contributed by atoms with E-state index in [1.165, 1.54) is 30.4 Å². The summed E-state index contributed by atoms with van der Waals surface area (Å²) in [5.74, 6) is 0.544. The van der Waals surface area contributed by atoms with Gasteiger partial charge in [-0.05, 0) is 30.4 Å². The first kappa shape index (κ1) is 12.0. The number of rotatable bonds is 5. The Morgan fingerprint density at radius 3 is 2.67 bits per heavy atom. The minimum atomic E-state index is 0.544. The second kappa shape index (κ2) is 6.44. The average Bonchev–Trinajstić information content (AvgIpc) is 2.25. The van der Waals surface area contributed by atoms with Crippen LogP contribution in [0, 0.1) is 6.92 Å². The molecule has 0 aliphatic carbocycles. The van der Waals surface area contributed by atoms with Crippen LogP contribution in [0.5, 0.6) is 0 Å². The lowest BCUT2D eigenvalue weighted by Crippen LogP contribution is -1.92. The fourth-order valence-corrected chi connectivity index (χ4v) is 1.82. The highest BCUT2D eigenvalue weighted by atomic mass is 14.1. The summed E-state index contributed by atoms with van der Waals surface area (Å²) >= 11 is 0. The van der Waals surface area contributed by atoms with Crippen LogP contribution in [0.4, 0.5) is 0 Å². The summed E-state index contributed by atoms with van der Waals surface area (Å²) in [6, 6.07) is 8.64. The van der Waals surface area contributed by atoms with Gasteiger partial charge in [0.2, 0.25) is 0 Å². The molecule has 0 bridgehead atoms. The molecule has 1 aromatic rings. The number of unbranched alkanes of at least 4 members (excludes halogenated alkanes) is 2. The number of aryl methyl sites for hydroxylation is 1. The first-order chi connectivity index (χ1) is 7.25. The van der Waals surface area contributed by atoms with Crippen molar-refractivity contribution in [2.24, 2.45) is 0 Å². The standard InChI is InChI=1S/C15H22/c1-4-5-6-7-10-13(2)15-12-9-8-11-14(15)3/h7-13H,4-6H2,1-3H3/b10-7-. The van der Waals surface area contributed by atoms with Crippen molar-refractivity contribution in [3.8, 4) is 0 Å². The van der Waals surface area contributed by atoms with Crippen LogP contribution in [0.2, 0.25) is 0 Å². The van der Waals surface area contributed by atoms with Crippen molar-refractivity contribution in [1.82, 2.24) is 0 Å². The van der Waals surface area contributed by atoms with Crippen molar-refractivity contribution in [1.29, 1.82) is 0 Å². The molecular weight excluding hydrogens is 180 g/mol. The molecule has 15 heavy (non-hydrogen) atoms. The first-order valence-corrected chi connectivity index (χ1v) is 5.98. The monoisotopic (exact) mass is 202 g/mol. The van der Waals surface area contributed by atoms with E-state index in [9.17, 15) is 0 Å². The maximum Gasteiger partial charge on any atom is -0.000782 e. The van der Waals surface area contributed by atoms with E-state index in [1.807, 2.05) is 0 Å². The van der Waals surface area contributed by atoms with E-state index in [2.05, 4.69) is 57.2 Å². The van der Waals surface area contributed by atoms with Crippen LogP contribution in [-0.4, -0.2) is 0 Å². The first-order valence-electron chi connectivity index (χ1n) is 5.98. The van der Waals surface area contributed by atoms with Gasteiger partial charge in [-0.15, -0.1) is 0 Å². The van der Waals surface area contributed by atoms with E-state index in [1.54, 1.807) is 0 Å². The fraction of sp³-hybridized carbons (Fsp3) is 0.467. The predicted molar refractivity (Wildman–Crippen MR) is 68.3 cm³/mol. The fourth-order valence-electron chi connectivity index (χ4n) is 1.82. The minimum absolute atomic E-state index is 0.544. The maximum absolute atomic E-state index is 2.33. The topological polar surface area (TPSA) is 0 Å². The van der Waals surface area contributed by atoms with Crippen LogP contribution in [0.25, 0.3) is 0 Å². The molecule has 1 rings (SSSR count). The molecule has 0 heterocycles. The van der Waals surface area contributed by atoms with Crippen LogP contribution in [-0.2, 0) is 0 Å². The van der Waals surface area contributed by atoms with Gasteiger partial charge >= 0.3 is 0 Å². The van der Waals surface area contributed by atoms with Crippen molar-refractivity contribution in [2.75, 3.05) is 0 Å². The zero-order chi connectivity index (χ0) is 11.1. The van der Waals surface area contributed by atoms with Gasteiger partial charge in [0.1, 0.15) is 0 Å². The molecule has 0 radical (unpaired) electrons. The molecule has 0 saturated heterocycles. The van der Waals surface area contributed by atoms with Crippen molar-refractivity contribution in [3.05, 3.63) is 47.5 Å². The van der Waals surface area contributed by atoms with E-state index in [0.29, 0.717) is 5.92 Å². The van der Waals surface area contributed by atoms with Crippen molar-refractivity contribution in [2.45, 2.75) is 46.0 Å². The molecule has 1 atom stereocenters. The number of allylic oxidation sites excluding steroid dienone is 2. The zero-order valence-electron chi connectivity index (χ0n) is 10.2. The zero-order valence-corrected chi connectivity index (χ0v) is 10.2. The molecule has 1 aromatic carbocycles. The highest BCUT2D eigenvalue weighted by Gasteiger charge is 2.02. The largest absolute Gasteiger partial charge is 0.0879 e. The maximum atomic E-state index is 2.33. The molecule has 0 aliphatic rings. The Morgan fingerprint density at radius 1 is 1.27 bits per heavy atom. The Bertz CT molecular complexity index is 310. The lowest BCUT2D eigenvalue weighted by Gasteiger charge is -2.09. The van der Waals surface area contributed by atoms with Crippen LogP contribution in [0.3, 0.4) is 0 Å². The van der Waals surface area contributed by atoms with Gasteiger partial charge in [-0.3, -0.25) is 0 Å². The van der Waals surface area contributed by atoms with E-state index in [-0.39, 0.29) is 0 Å². The van der Waals surface area contributed by atoms with Gasteiger partial charge in [0.25, 0.3) is 0 Å². The lowest BCUT2D eigenvalue weighted by molar-refractivity contribution is 0.808. The predicted octanol–water partition coefficient (Wildman–Crippen LogP) is 4.84. The second-order valence-corrected chi connectivity index (χ2v) is 4.22. The third-order valence-corrected chi connectivity index (χ3v) is 2.83. The molecule has 0 amide bonds. The van der Waals surface area contributed by atoms with Crippen molar-refractivity contribution >= 4 is 0 Å². The Hall–Kier alpha value is -1.04. The summed E-state index contributed by atoms with van der Waals surface area (Å²) in [6.07, 6.45) is 8.45. The molecule has 1 unspecified atom stereocenters. The molecule has 0 heteroatoms. The smallest absolute Gasteiger partial charge is 0.000782 e. The van der Waals surface area contributed by atoms with E-state index < -0.39 is 0 Å². The van der Waals surface area contributed by atoms with Gasteiger partial charge in [0.05, 0.1) is 0 Å². The van der Waals surface area contributed by atoms with Crippen LogP contribution >= 0.6 is 0 Å². The highest BCUT2D eigenvalue weighted by molar-refractivity contribution is 5.31. The van der Waals surface area contributed by atoms with Gasteiger partial charge in [-0.1, -0.05) is 63.1 Å². The number of hydrogen-bond acceptors (Lipinski definition) is 0. The third-order valence-electron chi connectivity index (χ3n) is 2.83. The van der Waals surface area contributed by atoms with Crippen LogP contribution < -0.4 is 0 Å². The normalized spacial score (nSPS) is 13.3. The average molecular weight is 202 g/mol. The van der Waals surface area contributed by atoms with Gasteiger partial charge in [-0.2, -0.15) is 0 Å². The van der Waals surface area contributed by atoms with Crippen LogP contribution in [0.1, 0.15) is 50.2 Å². The Labute approximate surface area is 94.0 Å². The molecule has 82 valence electrons. The van der Waals surface area contributed by atoms with Gasteiger partial charge in [-0.25, -0.2) is 0 Å². The quantitative estimate of drug-likeness (QED) is 0.473. The Morgan fingerprint density at radius 2 is 2.00 bits per heavy atom. The Kier molecular flexibility index (Phi) is 5.17. The van der Waals surface area contributed by atoms with Gasteiger partial charge < -0.3 is 0 Å². The highest BCUT2D eigenvalue weighted by Crippen LogP contribution is 2.20. The van der Waals surface area contributed by atoms with Gasteiger partial charge in [0, 0.05) is 0 Å². The molecule has 0 spiro atoms. The summed E-state index contributed by atoms with van der Waals surface area (Å²) in [6.45, 7) is 6.69. The van der Waals surface area contributed by atoms with Crippen LogP contribution in [0.15, 0.2) is 36.4 Å². The van der Waals surface area contributed by atoms with Gasteiger partial charge in [0.15, 0.2) is 0 Å². The third kappa shape index (κ3) is 3.91. The van der Waals surface area contributed by atoms with Crippen molar-refractivity contribution in [3.63, 3.8) is 0 Å². The molecular formula is C15H22. The van der Waals surface area contributed by atoms with E-state index >= 15 is 0 Å². The SMILES string of the molecule is CCCC/C=C\C(C)c1ccccc1C. The minimum Gasteiger partial charge on any atom is -0.0879 e. The molecule has 0 nitrogen and oxygen atoms in total. The number of hydrogen-bond donors (Lipinski definition) is 0.